The second kappa shape index (κ2) is 11.4. The van der Waals surface area contributed by atoms with Gasteiger partial charge in [0.15, 0.2) is 21.0 Å². The monoisotopic (exact) mass is 740 g/mol. The summed E-state index contributed by atoms with van der Waals surface area (Å²) in [5.41, 5.74) is -3.47. The van der Waals surface area contributed by atoms with Gasteiger partial charge in [-0.05, 0) is 67.0 Å². The van der Waals surface area contributed by atoms with Crippen molar-refractivity contribution in [1.29, 1.82) is 5.26 Å². The number of nitrogens with zero attached hydrogens (tertiary/aromatic N) is 6. The molecule has 3 aromatic heterocycles. The van der Waals surface area contributed by atoms with E-state index in [9.17, 15) is 28.0 Å². The summed E-state index contributed by atoms with van der Waals surface area (Å²) in [6, 6.07) is 5.16. The Balaban J connectivity index is 2.40. The highest BCUT2D eigenvalue weighted by Crippen LogP contribution is 2.46. The second-order valence-corrected chi connectivity index (χ2v) is 13.3. The van der Waals surface area contributed by atoms with Gasteiger partial charge in [-0.25, -0.2) is 19.6 Å². The zero-order valence-electron chi connectivity index (χ0n) is 26.4. The van der Waals surface area contributed by atoms with Gasteiger partial charge in [-0.2, -0.15) is 23.3 Å². The first-order valence-electron chi connectivity index (χ1n) is 13.6. The highest BCUT2D eigenvalue weighted by atomic mass is 127. The lowest BCUT2D eigenvalue weighted by Crippen LogP contribution is -2.45. The van der Waals surface area contributed by atoms with Crippen molar-refractivity contribution in [1.82, 2.24) is 19.1 Å². The van der Waals surface area contributed by atoms with Crippen molar-refractivity contribution in [2.24, 2.45) is 7.05 Å². The lowest BCUT2D eigenvalue weighted by molar-refractivity contribution is -0.139. The number of carbonyl (C=O) groups excluding carboxylic acids is 2. The van der Waals surface area contributed by atoms with Crippen LogP contribution in [0.15, 0.2) is 12.1 Å². The molecule has 45 heavy (non-hydrogen) atoms. The number of hydrogen-bond donors (Lipinski definition) is 0. The number of anilines is 1. The first-order valence-corrected chi connectivity index (χ1v) is 14.7. The first-order chi connectivity index (χ1) is 20.6. The molecule has 11 nitrogen and oxygen atoms in total. The van der Waals surface area contributed by atoms with Crippen molar-refractivity contribution in [3.05, 3.63) is 38.3 Å². The molecular weight excluding hydrogens is 708 g/mol. The number of nitriles is 1. The topological polar surface area (TPSA) is 124 Å². The smallest absolute Gasteiger partial charge is 0.434 e. The average Bonchev–Trinajstić information content (AvgIpc) is 3.35. The van der Waals surface area contributed by atoms with Gasteiger partial charge in [0.05, 0.1) is 23.7 Å². The Kier molecular flexibility index (Phi) is 8.55. The summed E-state index contributed by atoms with van der Waals surface area (Å²) in [5, 5.41) is 9.92. The largest absolute Gasteiger partial charge is 0.496 e. The number of methoxy groups -OCH3 is 1. The van der Waals surface area contributed by atoms with Gasteiger partial charge in [0.2, 0.25) is 0 Å². The highest BCUT2D eigenvalue weighted by Gasteiger charge is 2.44. The van der Waals surface area contributed by atoms with Crippen LogP contribution >= 0.6 is 22.6 Å². The molecule has 0 saturated carbocycles. The summed E-state index contributed by atoms with van der Waals surface area (Å²) in [6.07, 6.45) is -7.61. The molecule has 0 saturated heterocycles. The minimum atomic E-state index is -5.06. The molecule has 15 heteroatoms. The maximum Gasteiger partial charge on any atom is 0.434 e. The van der Waals surface area contributed by atoms with Crippen LogP contribution in [0.2, 0.25) is 0 Å². The maximum atomic E-state index is 14.9. The molecule has 0 aliphatic rings. The standard InChI is InChI=1S/C30H32F3IN6O5/c1-14-11-12-17(43-10)15(2)20(14)39-21-18(22(30(31,32)33)37-23-19(21)36-25(34)38(23)9)16(13-35)24(39)40(26(41)44-28(3,4)5)27(42)45-29(6,7)8/h11-12H,1-10H3. The Morgan fingerprint density at radius 2 is 1.56 bits per heavy atom. The zero-order chi connectivity index (χ0) is 34.0. The van der Waals surface area contributed by atoms with E-state index < -0.39 is 52.0 Å². The SMILES string of the molecule is COc1ccc(C)c(-n2c(N(C(=O)OC(C)(C)C)C(=O)OC(C)(C)C)c(C#N)c3c(C(F)(F)F)nc4c(nc(I)n4C)c32)c1C. The second-order valence-electron chi connectivity index (χ2n) is 12.3. The van der Waals surface area contributed by atoms with E-state index in [4.69, 9.17) is 14.2 Å². The van der Waals surface area contributed by atoms with Crippen molar-refractivity contribution in [2.45, 2.75) is 72.8 Å². The Bertz CT molecular complexity index is 1880. The molecule has 4 aromatic rings. The predicted octanol–water partition coefficient (Wildman–Crippen LogP) is 7.71. The summed E-state index contributed by atoms with van der Waals surface area (Å²) < 4.78 is 64.2. The molecule has 1 aromatic carbocycles. The summed E-state index contributed by atoms with van der Waals surface area (Å²) in [5.74, 6) is -0.171. The Morgan fingerprint density at radius 1 is 1.00 bits per heavy atom. The fourth-order valence-corrected chi connectivity index (χ4v) is 5.38. The number of imidazole rings is 1. The van der Waals surface area contributed by atoms with Gasteiger partial charge < -0.3 is 18.8 Å². The molecule has 0 aliphatic carbocycles. The number of pyridine rings is 1. The van der Waals surface area contributed by atoms with Gasteiger partial charge in [-0.1, -0.05) is 6.07 Å². The normalized spacial score (nSPS) is 12.4. The number of ether oxygens (including phenoxy) is 3. The van der Waals surface area contributed by atoms with E-state index in [0.717, 1.165) is 0 Å². The Labute approximate surface area is 271 Å². The summed E-state index contributed by atoms with van der Waals surface area (Å²) in [4.78, 5) is 36.7. The molecule has 0 spiro atoms. The number of aromatic nitrogens is 4. The van der Waals surface area contributed by atoms with Crippen LogP contribution < -0.4 is 9.64 Å². The number of halogens is 4. The van der Waals surface area contributed by atoms with E-state index in [0.29, 0.717) is 25.6 Å². The van der Waals surface area contributed by atoms with Crippen LogP contribution in [-0.2, 0) is 22.7 Å². The van der Waals surface area contributed by atoms with Crippen LogP contribution in [0.4, 0.5) is 28.6 Å². The number of alkyl halides is 3. The molecule has 2 amide bonds. The van der Waals surface area contributed by atoms with Crippen LogP contribution in [0.25, 0.3) is 27.8 Å². The average molecular weight is 741 g/mol. The molecule has 4 rings (SSSR count). The third kappa shape index (κ3) is 6.11. The number of rotatable bonds is 3. The third-order valence-electron chi connectivity index (χ3n) is 6.61. The van der Waals surface area contributed by atoms with E-state index >= 15 is 0 Å². The number of carbonyl (C=O) groups is 2. The maximum absolute atomic E-state index is 14.9. The lowest BCUT2D eigenvalue weighted by Gasteiger charge is -2.30. The van der Waals surface area contributed by atoms with Crippen LogP contribution in [0.5, 0.6) is 5.75 Å². The number of amides is 2. The quantitative estimate of drug-likeness (QED) is 0.196. The first kappa shape index (κ1) is 33.8. The minimum absolute atomic E-state index is 0.00240. The molecule has 3 heterocycles. The van der Waals surface area contributed by atoms with Gasteiger partial charge in [0.1, 0.15) is 34.1 Å². The number of hydrogen-bond acceptors (Lipinski definition) is 8. The van der Waals surface area contributed by atoms with E-state index in [1.54, 1.807) is 67.5 Å². The number of benzene rings is 1. The number of fused-ring (bicyclic) bond motifs is 3. The molecule has 0 fully saturated rings. The van der Waals surface area contributed by atoms with E-state index in [1.807, 2.05) is 28.7 Å². The van der Waals surface area contributed by atoms with Gasteiger partial charge in [0, 0.05) is 35.2 Å². The fourth-order valence-electron chi connectivity index (χ4n) is 4.91. The van der Waals surface area contributed by atoms with Crippen LogP contribution in [0.1, 0.15) is 63.9 Å². The molecule has 0 N–H and O–H groups in total. The van der Waals surface area contributed by atoms with Gasteiger partial charge in [0.25, 0.3) is 0 Å². The predicted molar refractivity (Wildman–Crippen MR) is 169 cm³/mol. The Hall–Kier alpha value is -4.07. The molecule has 240 valence electrons. The van der Waals surface area contributed by atoms with Crippen molar-refractivity contribution in [2.75, 3.05) is 12.0 Å². The van der Waals surface area contributed by atoms with Crippen LogP contribution in [0.3, 0.4) is 0 Å². The fraction of sp³-hybridized carbons (Fsp3) is 0.433. The van der Waals surface area contributed by atoms with Crippen LogP contribution in [0, 0.1) is 29.0 Å². The summed E-state index contributed by atoms with van der Waals surface area (Å²) in [7, 11) is 2.93. The van der Waals surface area contributed by atoms with Crippen molar-refractivity contribution in [3.8, 4) is 17.5 Å². The molecule has 0 aliphatic heterocycles. The zero-order valence-corrected chi connectivity index (χ0v) is 28.5. The van der Waals surface area contributed by atoms with Crippen molar-refractivity contribution < 1.29 is 37.0 Å². The van der Waals surface area contributed by atoms with Gasteiger partial charge in [-0.3, -0.25) is 4.57 Å². The Morgan fingerprint density at radius 3 is 2.02 bits per heavy atom. The van der Waals surface area contributed by atoms with E-state index in [1.165, 1.54) is 23.3 Å². The molecule has 0 radical (unpaired) electrons. The minimum Gasteiger partial charge on any atom is -0.496 e. The van der Waals surface area contributed by atoms with Crippen LogP contribution in [-0.4, -0.2) is 49.6 Å². The molecule has 0 bridgehead atoms. The number of aryl methyl sites for hydroxylation is 2. The summed E-state index contributed by atoms with van der Waals surface area (Å²) >= 11 is 1.86. The lowest BCUT2D eigenvalue weighted by atomic mass is 10.1. The van der Waals surface area contributed by atoms with Crippen molar-refractivity contribution in [3.63, 3.8) is 0 Å². The van der Waals surface area contributed by atoms with E-state index in [2.05, 4.69) is 9.97 Å². The third-order valence-corrected chi connectivity index (χ3v) is 7.57. The van der Waals surface area contributed by atoms with Gasteiger partial charge in [-0.15, -0.1) is 0 Å². The highest BCUT2D eigenvalue weighted by molar-refractivity contribution is 14.1. The molecule has 0 unspecified atom stereocenters. The molecular formula is C30H32F3IN6O5. The molecule has 0 atom stereocenters. The van der Waals surface area contributed by atoms with E-state index in [-0.39, 0.29) is 22.4 Å². The summed E-state index contributed by atoms with van der Waals surface area (Å²) in [6.45, 7) is 12.7. The van der Waals surface area contributed by atoms with Crippen molar-refractivity contribution >= 4 is 62.7 Å². The number of imide groups is 1. The van der Waals surface area contributed by atoms with Gasteiger partial charge >= 0.3 is 18.4 Å².